The van der Waals surface area contributed by atoms with Crippen molar-refractivity contribution >= 4 is 0 Å². The summed E-state index contributed by atoms with van der Waals surface area (Å²) < 4.78 is 24.5. The second-order valence-corrected chi connectivity index (χ2v) is 1.83. The lowest BCUT2D eigenvalue weighted by atomic mass is 10.6. The predicted molar refractivity (Wildman–Crippen MR) is 32.4 cm³/mol. The van der Waals surface area contributed by atoms with Crippen LogP contribution in [0.2, 0.25) is 0 Å². The smallest absolute Gasteiger partial charge is 0.271 e. The highest BCUT2D eigenvalue weighted by molar-refractivity contribution is 4.86. The number of alkyl halides is 1. The number of hydrogen-bond acceptors (Lipinski definition) is 2. The van der Waals surface area contributed by atoms with Crippen molar-refractivity contribution in [3.8, 4) is 0 Å². The van der Waals surface area contributed by atoms with Gasteiger partial charge in [-0.2, -0.15) is 4.39 Å². The van der Waals surface area contributed by atoms with Gasteiger partial charge in [0.1, 0.15) is 0 Å². The Morgan fingerprint density at radius 3 is 2.73 bits per heavy atom. The van der Waals surface area contributed by atoms with Gasteiger partial charge in [-0.05, 0) is 0 Å². The van der Waals surface area contributed by atoms with E-state index in [1.54, 1.807) is 4.98 Å². The first-order chi connectivity index (χ1) is 5.15. The molecule has 60 valence electrons. The number of H-pyrrole nitrogens is 1. The molecular weight excluding hydrogens is 158 g/mol. The van der Waals surface area contributed by atoms with Gasteiger partial charge in [-0.15, -0.1) is 0 Å². The minimum atomic E-state index is -1.18. The molecule has 0 unspecified atom stereocenters. The average molecular weight is 162 g/mol. The van der Waals surface area contributed by atoms with Crippen molar-refractivity contribution in [1.82, 2.24) is 9.55 Å². The van der Waals surface area contributed by atoms with Crippen molar-refractivity contribution in [2.75, 3.05) is 0 Å². The van der Waals surface area contributed by atoms with Crippen LogP contribution in [0.4, 0.5) is 8.78 Å². The van der Waals surface area contributed by atoms with Crippen LogP contribution in [0.3, 0.4) is 0 Å². The maximum absolute atomic E-state index is 12.3. The summed E-state index contributed by atoms with van der Waals surface area (Å²) in [5.41, 5.74) is -2.10. The minimum absolute atomic E-state index is 0.413. The van der Waals surface area contributed by atoms with Crippen LogP contribution >= 0.6 is 0 Å². The van der Waals surface area contributed by atoms with Crippen molar-refractivity contribution in [3.63, 3.8) is 0 Å². The SMILES string of the molecule is O=c1[nH]c(=O)n(CF)cc1F. The Morgan fingerprint density at radius 1 is 1.55 bits per heavy atom. The molecule has 1 aromatic heterocycles. The molecule has 0 amide bonds. The van der Waals surface area contributed by atoms with Crippen LogP contribution in [0.25, 0.3) is 0 Å². The highest BCUT2D eigenvalue weighted by atomic mass is 19.1. The van der Waals surface area contributed by atoms with Crippen molar-refractivity contribution in [3.05, 3.63) is 32.9 Å². The fourth-order valence-electron chi connectivity index (χ4n) is 0.571. The van der Waals surface area contributed by atoms with E-state index in [9.17, 15) is 18.4 Å². The highest BCUT2D eigenvalue weighted by Gasteiger charge is 2.01. The minimum Gasteiger partial charge on any atom is -0.271 e. The third kappa shape index (κ3) is 1.34. The first kappa shape index (κ1) is 7.64. The molecule has 11 heavy (non-hydrogen) atoms. The molecule has 1 aromatic rings. The first-order valence-corrected chi connectivity index (χ1v) is 2.70. The first-order valence-electron chi connectivity index (χ1n) is 2.70. The molecule has 0 saturated heterocycles. The molecule has 0 aliphatic heterocycles. The van der Waals surface area contributed by atoms with Crippen LogP contribution in [0.15, 0.2) is 15.8 Å². The summed E-state index contributed by atoms with van der Waals surface area (Å²) in [6, 6.07) is 0. The zero-order valence-electron chi connectivity index (χ0n) is 5.30. The van der Waals surface area contributed by atoms with Gasteiger partial charge in [0.05, 0.1) is 6.20 Å². The van der Waals surface area contributed by atoms with Gasteiger partial charge in [-0.3, -0.25) is 14.3 Å². The largest absolute Gasteiger partial charge is 0.330 e. The molecule has 1 rings (SSSR count). The molecule has 4 nitrogen and oxygen atoms in total. The molecule has 0 aliphatic rings. The van der Waals surface area contributed by atoms with E-state index in [1.807, 2.05) is 0 Å². The second kappa shape index (κ2) is 2.65. The van der Waals surface area contributed by atoms with Gasteiger partial charge < -0.3 is 0 Å². The van der Waals surface area contributed by atoms with E-state index in [4.69, 9.17) is 0 Å². The maximum Gasteiger partial charge on any atom is 0.330 e. The monoisotopic (exact) mass is 162 g/mol. The number of rotatable bonds is 1. The van der Waals surface area contributed by atoms with E-state index < -0.39 is 23.9 Å². The van der Waals surface area contributed by atoms with Gasteiger partial charge in [0.2, 0.25) is 5.82 Å². The number of aromatic nitrogens is 2. The Kier molecular flexibility index (Phi) is 1.84. The van der Waals surface area contributed by atoms with E-state index in [-0.39, 0.29) is 0 Å². The van der Waals surface area contributed by atoms with Crippen LogP contribution in [0.1, 0.15) is 0 Å². The van der Waals surface area contributed by atoms with Crippen LogP contribution in [0, 0.1) is 5.82 Å². The Morgan fingerprint density at radius 2 is 2.18 bits per heavy atom. The summed E-state index contributed by atoms with van der Waals surface area (Å²) in [7, 11) is 0. The molecule has 6 heteroatoms. The fraction of sp³-hybridized carbons (Fsp3) is 0.200. The molecule has 1 heterocycles. The van der Waals surface area contributed by atoms with Gasteiger partial charge in [-0.25, -0.2) is 9.18 Å². The maximum atomic E-state index is 12.3. The molecule has 0 aromatic carbocycles. The fourth-order valence-corrected chi connectivity index (χ4v) is 0.571. The molecular formula is C5H4F2N2O2. The zero-order chi connectivity index (χ0) is 8.43. The van der Waals surface area contributed by atoms with Gasteiger partial charge in [0.15, 0.2) is 6.80 Å². The van der Waals surface area contributed by atoms with E-state index >= 15 is 0 Å². The Hall–Kier alpha value is -1.46. The molecule has 0 radical (unpaired) electrons. The molecule has 0 saturated carbocycles. The molecule has 0 bridgehead atoms. The van der Waals surface area contributed by atoms with Crippen LogP contribution in [0.5, 0.6) is 0 Å². The molecule has 1 N–H and O–H groups in total. The standard InChI is InChI=1S/C5H4F2N2O2/c6-2-9-1-3(7)4(10)8-5(9)11/h1H,2H2,(H,8,10,11). The van der Waals surface area contributed by atoms with Crippen LogP contribution in [-0.2, 0) is 6.80 Å². The Balaban J connectivity index is 3.45. The summed E-state index contributed by atoms with van der Waals surface area (Å²) in [4.78, 5) is 22.5. The average Bonchev–Trinajstić information content (AvgIpc) is 1.97. The molecule has 0 atom stereocenters. The summed E-state index contributed by atoms with van der Waals surface area (Å²) in [6.45, 7) is -1.16. The van der Waals surface area contributed by atoms with Gasteiger partial charge in [0.25, 0.3) is 5.56 Å². The van der Waals surface area contributed by atoms with Crippen molar-refractivity contribution < 1.29 is 8.78 Å². The van der Waals surface area contributed by atoms with E-state index in [0.717, 1.165) is 0 Å². The van der Waals surface area contributed by atoms with Crippen molar-refractivity contribution in [2.45, 2.75) is 6.80 Å². The van der Waals surface area contributed by atoms with Crippen molar-refractivity contribution in [1.29, 1.82) is 0 Å². The highest BCUT2D eigenvalue weighted by Crippen LogP contribution is 1.83. The number of nitrogens with one attached hydrogen (secondary N) is 1. The molecule has 0 aliphatic carbocycles. The molecule has 0 fully saturated rings. The summed E-state index contributed by atoms with van der Waals surface area (Å²) in [5, 5.41) is 0. The predicted octanol–water partition coefficient (Wildman–Crippen LogP) is -0.397. The topological polar surface area (TPSA) is 54.9 Å². The summed E-state index contributed by atoms with van der Waals surface area (Å²) in [5.74, 6) is -1.18. The lowest BCUT2D eigenvalue weighted by Gasteiger charge is -1.95. The second-order valence-electron chi connectivity index (χ2n) is 1.83. The number of halogens is 2. The van der Waals surface area contributed by atoms with E-state index in [2.05, 4.69) is 0 Å². The van der Waals surface area contributed by atoms with Gasteiger partial charge in [-0.1, -0.05) is 0 Å². The third-order valence-corrected chi connectivity index (χ3v) is 1.10. The van der Waals surface area contributed by atoms with Crippen molar-refractivity contribution in [2.24, 2.45) is 0 Å². The zero-order valence-corrected chi connectivity index (χ0v) is 5.30. The lowest BCUT2D eigenvalue weighted by Crippen LogP contribution is -2.30. The van der Waals surface area contributed by atoms with Gasteiger partial charge in [0, 0.05) is 0 Å². The van der Waals surface area contributed by atoms with Crippen LogP contribution < -0.4 is 11.2 Å². The number of nitrogens with zero attached hydrogens (tertiary/aromatic N) is 1. The van der Waals surface area contributed by atoms with E-state index in [0.29, 0.717) is 10.8 Å². The van der Waals surface area contributed by atoms with Crippen LogP contribution in [-0.4, -0.2) is 9.55 Å². The normalized spacial score (nSPS) is 10.0. The summed E-state index contributed by atoms with van der Waals surface area (Å²) in [6.07, 6.45) is 0.515. The number of aromatic amines is 1. The Bertz CT molecular complexity index is 367. The van der Waals surface area contributed by atoms with Gasteiger partial charge >= 0.3 is 5.69 Å². The number of hydrogen-bond donors (Lipinski definition) is 1. The summed E-state index contributed by atoms with van der Waals surface area (Å²) >= 11 is 0. The Labute approximate surface area is 59.1 Å². The quantitative estimate of drug-likeness (QED) is 0.611. The van der Waals surface area contributed by atoms with E-state index in [1.165, 1.54) is 0 Å². The third-order valence-electron chi connectivity index (χ3n) is 1.10. The lowest BCUT2D eigenvalue weighted by molar-refractivity contribution is 0.357. The molecule has 0 spiro atoms.